The largest absolute Gasteiger partial charge is 0.488 e. The van der Waals surface area contributed by atoms with Gasteiger partial charge in [0.2, 0.25) is 5.91 Å². The molecular weight excluding hydrogens is 296 g/mol. The van der Waals surface area contributed by atoms with Crippen molar-refractivity contribution in [2.45, 2.75) is 19.1 Å². The normalized spacial score (nSPS) is 16.4. The number of amides is 1. The van der Waals surface area contributed by atoms with Gasteiger partial charge in [-0.1, -0.05) is 24.3 Å². The molecule has 0 radical (unpaired) electrons. The van der Waals surface area contributed by atoms with Gasteiger partial charge in [0.25, 0.3) is 0 Å². The molecule has 1 aromatic heterocycles. The number of para-hydroxylation sites is 1. The van der Waals surface area contributed by atoms with E-state index in [2.05, 4.69) is 11.4 Å². The van der Waals surface area contributed by atoms with Crippen LogP contribution in [0.1, 0.15) is 10.4 Å². The molecule has 0 spiro atoms. The lowest BCUT2D eigenvalue weighted by molar-refractivity contribution is -0.122. The number of thiophene rings is 1. The highest BCUT2D eigenvalue weighted by Crippen LogP contribution is 2.28. The second kappa shape index (κ2) is 6.94. The molecule has 1 atom stereocenters. The first kappa shape index (κ1) is 15.1. The van der Waals surface area contributed by atoms with Crippen LogP contribution < -0.4 is 10.1 Å². The van der Waals surface area contributed by atoms with Gasteiger partial charge in [0.1, 0.15) is 11.9 Å². The molecule has 1 unspecified atom stereocenters. The minimum Gasteiger partial charge on any atom is -0.488 e. The van der Waals surface area contributed by atoms with Crippen LogP contribution >= 0.6 is 11.3 Å². The number of likely N-dealkylation sites (N-methyl/N-ethyl adjacent to an activating group) is 1. The van der Waals surface area contributed by atoms with E-state index >= 15 is 0 Å². The van der Waals surface area contributed by atoms with Crippen molar-refractivity contribution in [2.75, 3.05) is 20.1 Å². The van der Waals surface area contributed by atoms with Crippen molar-refractivity contribution in [3.05, 3.63) is 52.2 Å². The number of hydrogen-bond acceptors (Lipinski definition) is 4. The maximum atomic E-state index is 12.0. The van der Waals surface area contributed by atoms with E-state index in [-0.39, 0.29) is 12.0 Å². The average Bonchev–Trinajstić information content (AvgIpc) is 3.13. The van der Waals surface area contributed by atoms with Gasteiger partial charge >= 0.3 is 0 Å². The van der Waals surface area contributed by atoms with E-state index in [9.17, 15) is 4.79 Å². The third kappa shape index (κ3) is 3.87. The van der Waals surface area contributed by atoms with E-state index in [4.69, 9.17) is 4.74 Å². The number of fused-ring (bicyclic) bond motifs is 1. The Balaban J connectivity index is 1.41. The number of ether oxygens (including phenoxy) is 1. The molecule has 3 rings (SSSR count). The molecule has 22 heavy (non-hydrogen) atoms. The first-order chi connectivity index (χ1) is 10.7. The summed E-state index contributed by atoms with van der Waals surface area (Å²) < 4.78 is 5.91. The molecule has 0 fully saturated rings. The van der Waals surface area contributed by atoms with Crippen molar-refractivity contribution in [3.8, 4) is 5.75 Å². The van der Waals surface area contributed by atoms with E-state index in [1.807, 2.05) is 47.7 Å². The Morgan fingerprint density at radius 3 is 3.00 bits per heavy atom. The molecule has 1 N–H and O–H groups in total. The molecule has 0 saturated carbocycles. The molecule has 1 aliphatic heterocycles. The minimum atomic E-state index is 0.0476. The molecule has 1 aliphatic rings. The Bertz CT molecular complexity index is 602. The standard InChI is InChI=1S/C17H20N2O2S/c1-19(12-17(20)18-10-15-6-4-8-22-15)11-14-9-13-5-2-3-7-16(13)21-14/h2-8,14H,9-12H2,1H3,(H,18,20). The molecule has 1 aromatic carbocycles. The molecule has 0 aliphatic carbocycles. The summed E-state index contributed by atoms with van der Waals surface area (Å²) in [6.07, 6.45) is 1.05. The summed E-state index contributed by atoms with van der Waals surface area (Å²) in [5.74, 6) is 1.02. The van der Waals surface area contributed by atoms with E-state index in [0.717, 1.165) is 18.7 Å². The van der Waals surface area contributed by atoms with E-state index in [0.29, 0.717) is 13.1 Å². The first-order valence-electron chi connectivity index (χ1n) is 7.43. The third-order valence-corrected chi connectivity index (χ3v) is 4.56. The van der Waals surface area contributed by atoms with Crippen LogP contribution in [0.25, 0.3) is 0 Å². The van der Waals surface area contributed by atoms with Crippen LogP contribution in [-0.4, -0.2) is 37.0 Å². The lowest BCUT2D eigenvalue weighted by Crippen LogP contribution is -2.39. The van der Waals surface area contributed by atoms with Gasteiger partial charge in [-0.15, -0.1) is 11.3 Å². The number of benzene rings is 1. The van der Waals surface area contributed by atoms with Crippen molar-refractivity contribution < 1.29 is 9.53 Å². The molecule has 1 amide bonds. The number of carbonyl (C=O) groups is 1. The summed E-state index contributed by atoms with van der Waals surface area (Å²) in [4.78, 5) is 15.1. The van der Waals surface area contributed by atoms with Gasteiger partial charge < -0.3 is 10.1 Å². The third-order valence-electron chi connectivity index (χ3n) is 3.68. The minimum absolute atomic E-state index is 0.0476. The highest BCUT2D eigenvalue weighted by Gasteiger charge is 2.23. The maximum absolute atomic E-state index is 12.0. The van der Waals surface area contributed by atoms with Gasteiger partial charge in [-0.3, -0.25) is 9.69 Å². The van der Waals surface area contributed by atoms with Crippen LogP contribution in [-0.2, 0) is 17.8 Å². The summed E-state index contributed by atoms with van der Waals surface area (Å²) in [6.45, 7) is 1.75. The lowest BCUT2D eigenvalue weighted by Gasteiger charge is -2.20. The Morgan fingerprint density at radius 2 is 2.23 bits per heavy atom. The maximum Gasteiger partial charge on any atom is 0.234 e. The lowest BCUT2D eigenvalue weighted by atomic mass is 10.1. The number of nitrogens with one attached hydrogen (secondary N) is 1. The molecule has 4 nitrogen and oxygen atoms in total. The van der Waals surface area contributed by atoms with Crippen molar-refractivity contribution in [1.82, 2.24) is 10.2 Å². The Kier molecular flexibility index (Phi) is 4.75. The number of rotatable bonds is 6. The predicted molar refractivity (Wildman–Crippen MR) is 88.2 cm³/mol. The fourth-order valence-electron chi connectivity index (χ4n) is 2.67. The average molecular weight is 316 g/mol. The van der Waals surface area contributed by atoms with Crippen LogP contribution in [0.4, 0.5) is 0 Å². The first-order valence-corrected chi connectivity index (χ1v) is 8.31. The Hall–Kier alpha value is -1.85. The Morgan fingerprint density at radius 1 is 1.36 bits per heavy atom. The number of carbonyl (C=O) groups excluding carboxylic acids is 1. The quantitative estimate of drug-likeness (QED) is 0.889. The van der Waals surface area contributed by atoms with E-state index in [1.165, 1.54) is 10.4 Å². The van der Waals surface area contributed by atoms with E-state index in [1.54, 1.807) is 11.3 Å². The second-order valence-corrected chi connectivity index (χ2v) is 6.64. The van der Waals surface area contributed by atoms with Gasteiger partial charge in [-0.2, -0.15) is 0 Å². The van der Waals surface area contributed by atoms with Crippen LogP contribution in [0.15, 0.2) is 41.8 Å². The van der Waals surface area contributed by atoms with Crippen LogP contribution in [0, 0.1) is 0 Å². The van der Waals surface area contributed by atoms with Gasteiger partial charge in [0.05, 0.1) is 13.1 Å². The van der Waals surface area contributed by atoms with Crippen molar-refractivity contribution in [2.24, 2.45) is 0 Å². The van der Waals surface area contributed by atoms with Crippen molar-refractivity contribution in [3.63, 3.8) is 0 Å². The summed E-state index contributed by atoms with van der Waals surface area (Å²) in [7, 11) is 1.96. The predicted octanol–water partition coefficient (Wildman–Crippen LogP) is 2.30. The summed E-state index contributed by atoms with van der Waals surface area (Å²) >= 11 is 1.65. The zero-order chi connectivity index (χ0) is 15.4. The van der Waals surface area contributed by atoms with Crippen LogP contribution in [0.3, 0.4) is 0 Å². The highest BCUT2D eigenvalue weighted by atomic mass is 32.1. The van der Waals surface area contributed by atoms with Crippen molar-refractivity contribution >= 4 is 17.2 Å². The molecule has 2 heterocycles. The highest BCUT2D eigenvalue weighted by molar-refractivity contribution is 7.09. The van der Waals surface area contributed by atoms with Gasteiger partial charge in [0.15, 0.2) is 0 Å². The summed E-state index contributed by atoms with van der Waals surface area (Å²) in [5, 5.41) is 4.96. The van der Waals surface area contributed by atoms with Crippen molar-refractivity contribution in [1.29, 1.82) is 0 Å². The molecular formula is C17H20N2O2S. The van der Waals surface area contributed by atoms with E-state index < -0.39 is 0 Å². The molecule has 2 aromatic rings. The fraction of sp³-hybridized carbons (Fsp3) is 0.353. The van der Waals surface area contributed by atoms with Crippen LogP contribution in [0.2, 0.25) is 0 Å². The zero-order valence-electron chi connectivity index (χ0n) is 12.6. The SMILES string of the molecule is CN(CC(=O)NCc1cccs1)CC1Cc2ccccc2O1. The smallest absolute Gasteiger partial charge is 0.234 e. The Labute approximate surface area is 134 Å². The summed E-state index contributed by atoms with van der Waals surface area (Å²) in [5.41, 5.74) is 1.25. The second-order valence-electron chi connectivity index (χ2n) is 5.60. The number of nitrogens with zero attached hydrogens (tertiary/aromatic N) is 1. The van der Waals surface area contributed by atoms with Gasteiger partial charge in [-0.05, 0) is 30.1 Å². The molecule has 0 bridgehead atoms. The molecule has 5 heteroatoms. The topological polar surface area (TPSA) is 41.6 Å². The molecule has 116 valence electrons. The zero-order valence-corrected chi connectivity index (χ0v) is 13.4. The monoisotopic (exact) mass is 316 g/mol. The van der Waals surface area contributed by atoms with Gasteiger partial charge in [-0.25, -0.2) is 0 Å². The van der Waals surface area contributed by atoms with Gasteiger partial charge in [0, 0.05) is 17.8 Å². The molecule has 0 saturated heterocycles. The number of hydrogen-bond donors (Lipinski definition) is 1. The van der Waals surface area contributed by atoms with Crippen LogP contribution in [0.5, 0.6) is 5.75 Å². The fourth-order valence-corrected chi connectivity index (χ4v) is 3.31. The summed E-state index contributed by atoms with van der Waals surface area (Å²) in [6, 6.07) is 12.1.